The van der Waals surface area contributed by atoms with Crippen molar-refractivity contribution in [2.24, 2.45) is 5.92 Å². The Labute approximate surface area is 113 Å². The molecule has 4 nitrogen and oxygen atoms in total. The molecular weight excluding hydrogens is 267 g/mol. The molecular formula is C13H19FN2O2S. The van der Waals surface area contributed by atoms with Crippen molar-refractivity contribution in [1.29, 1.82) is 0 Å². The first kappa shape index (κ1) is 14.4. The monoisotopic (exact) mass is 286 g/mol. The van der Waals surface area contributed by atoms with Crippen LogP contribution in [0.15, 0.2) is 23.1 Å². The van der Waals surface area contributed by atoms with Crippen molar-refractivity contribution in [1.82, 2.24) is 10.0 Å². The fraction of sp³-hybridized carbons (Fsp3) is 0.538. The number of halogens is 1. The summed E-state index contributed by atoms with van der Waals surface area (Å²) < 4.78 is 41.0. The maximum atomic E-state index is 13.8. The lowest BCUT2D eigenvalue weighted by Gasteiger charge is -2.30. The molecule has 0 radical (unpaired) electrons. The van der Waals surface area contributed by atoms with E-state index in [0.717, 1.165) is 13.1 Å². The van der Waals surface area contributed by atoms with Gasteiger partial charge in [0.25, 0.3) is 0 Å². The van der Waals surface area contributed by atoms with Crippen LogP contribution in [0.2, 0.25) is 0 Å². The van der Waals surface area contributed by atoms with E-state index in [0.29, 0.717) is 12.0 Å². The van der Waals surface area contributed by atoms with Crippen LogP contribution in [0.25, 0.3) is 0 Å². The van der Waals surface area contributed by atoms with Gasteiger partial charge in [-0.3, -0.25) is 0 Å². The van der Waals surface area contributed by atoms with Gasteiger partial charge in [0, 0.05) is 6.04 Å². The maximum absolute atomic E-state index is 13.8. The fourth-order valence-electron chi connectivity index (χ4n) is 2.40. The number of hydrogen-bond acceptors (Lipinski definition) is 3. The molecule has 1 aromatic carbocycles. The smallest absolute Gasteiger partial charge is 0.244 e. The van der Waals surface area contributed by atoms with Gasteiger partial charge in [-0.05, 0) is 44.0 Å². The van der Waals surface area contributed by atoms with Crippen molar-refractivity contribution >= 4 is 10.0 Å². The Hall–Kier alpha value is -0.980. The molecule has 1 aliphatic heterocycles. The summed E-state index contributed by atoms with van der Waals surface area (Å²) in [6.45, 7) is 5.12. The maximum Gasteiger partial charge on any atom is 0.244 e. The summed E-state index contributed by atoms with van der Waals surface area (Å²) in [7, 11) is -3.81. The minimum atomic E-state index is -3.81. The second-order valence-corrected chi connectivity index (χ2v) is 6.73. The number of sulfonamides is 1. The average molecular weight is 286 g/mol. The second kappa shape index (κ2) is 5.56. The van der Waals surface area contributed by atoms with Crippen molar-refractivity contribution in [3.8, 4) is 0 Å². The molecule has 1 aliphatic rings. The lowest BCUT2D eigenvalue weighted by atomic mass is 9.97. The highest BCUT2D eigenvalue weighted by Crippen LogP contribution is 2.21. The highest BCUT2D eigenvalue weighted by Gasteiger charge is 2.29. The number of rotatable bonds is 3. The SMILES string of the molecule is Cc1cccc(F)c1S(=O)(=O)NC1CCNCC1C. The second-order valence-electron chi connectivity index (χ2n) is 5.08. The molecule has 1 aromatic rings. The van der Waals surface area contributed by atoms with Gasteiger partial charge < -0.3 is 5.32 Å². The molecule has 1 fully saturated rings. The molecule has 2 N–H and O–H groups in total. The van der Waals surface area contributed by atoms with Crippen molar-refractivity contribution in [3.63, 3.8) is 0 Å². The van der Waals surface area contributed by atoms with E-state index >= 15 is 0 Å². The Morgan fingerprint density at radius 3 is 2.79 bits per heavy atom. The van der Waals surface area contributed by atoms with Gasteiger partial charge in [0.05, 0.1) is 0 Å². The van der Waals surface area contributed by atoms with E-state index in [-0.39, 0.29) is 16.9 Å². The summed E-state index contributed by atoms with van der Waals surface area (Å²) in [5, 5.41) is 3.20. The molecule has 2 unspecified atom stereocenters. The predicted octanol–water partition coefficient (Wildman–Crippen LogP) is 1.41. The first-order chi connectivity index (χ1) is 8.92. The number of aryl methyl sites for hydroxylation is 1. The minimum Gasteiger partial charge on any atom is -0.316 e. The van der Waals surface area contributed by atoms with E-state index in [1.165, 1.54) is 12.1 Å². The first-order valence-electron chi connectivity index (χ1n) is 6.40. The lowest BCUT2D eigenvalue weighted by molar-refractivity contribution is 0.327. The third kappa shape index (κ3) is 3.13. The summed E-state index contributed by atoms with van der Waals surface area (Å²) in [5.74, 6) is -0.510. The normalized spacial score (nSPS) is 24.4. The minimum absolute atomic E-state index is 0.148. The molecule has 0 aliphatic carbocycles. The van der Waals surface area contributed by atoms with Crippen LogP contribution in [0.5, 0.6) is 0 Å². The Morgan fingerprint density at radius 1 is 1.42 bits per heavy atom. The quantitative estimate of drug-likeness (QED) is 0.883. The summed E-state index contributed by atoms with van der Waals surface area (Å²) in [4.78, 5) is -0.235. The Bertz CT molecular complexity index is 540. The molecule has 1 saturated heterocycles. The zero-order valence-electron chi connectivity index (χ0n) is 11.1. The molecule has 0 saturated carbocycles. The third-order valence-electron chi connectivity index (χ3n) is 3.52. The van der Waals surface area contributed by atoms with E-state index in [1.807, 2.05) is 6.92 Å². The molecule has 0 amide bonds. The van der Waals surface area contributed by atoms with Crippen molar-refractivity contribution in [2.45, 2.75) is 31.2 Å². The van der Waals surface area contributed by atoms with Gasteiger partial charge >= 0.3 is 0 Å². The summed E-state index contributed by atoms with van der Waals surface area (Å²) >= 11 is 0. The van der Waals surface area contributed by atoms with Gasteiger partial charge in [-0.2, -0.15) is 0 Å². The summed E-state index contributed by atoms with van der Waals surface area (Å²) in [5.41, 5.74) is 0.425. The largest absolute Gasteiger partial charge is 0.316 e. The zero-order valence-corrected chi connectivity index (χ0v) is 11.9. The van der Waals surface area contributed by atoms with Crippen LogP contribution in [0.1, 0.15) is 18.9 Å². The van der Waals surface area contributed by atoms with Crippen molar-refractivity contribution < 1.29 is 12.8 Å². The molecule has 106 valence electrons. The molecule has 6 heteroatoms. The van der Waals surface area contributed by atoms with Crippen LogP contribution in [0.3, 0.4) is 0 Å². The Balaban J connectivity index is 2.27. The fourth-order valence-corrected chi connectivity index (χ4v) is 4.09. The average Bonchev–Trinajstić information content (AvgIpc) is 2.31. The van der Waals surface area contributed by atoms with Crippen LogP contribution >= 0.6 is 0 Å². The summed E-state index contributed by atoms with van der Waals surface area (Å²) in [6.07, 6.45) is 0.716. The molecule has 1 heterocycles. The lowest BCUT2D eigenvalue weighted by Crippen LogP contribution is -2.48. The summed E-state index contributed by atoms with van der Waals surface area (Å²) in [6, 6.07) is 4.14. The molecule has 0 bridgehead atoms. The van der Waals surface area contributed by atoms with Crippen LogP contribution in [-0.4, -0.2) is 27.5 Å². The van der Waals surface area contributed by atoms with E-state index in [4.69, 9.17) is 0 Å². The van der Waals surface area contributed by atoms with E-state index in [9.17, 15) is 12.8 Å². The number of hydrogen-bond donors (Lipinski definition) is 2. The predicted molar refractivity (Wildman–Crippen MR) is 71.9 cm³/mol. The van der Waals surface area contributed by atoms with Crippen LogP contribution in [0.4, 0.5) is 4.39 Å². The number of nitrogens with one attached hydrogen (secondary N) is 2. The van der Waals surface area contributed by atoms with Gasteiger partial charge in [-0.15, -0.1) is 0 Å². The topological polar surface area (TPSA) is 58.2 Å². The third-order valence-corrected chi connectivity index (χ3v) is 5.19. The number of piperidine rings is 1. The van der Waals surface area contributed by atoms with E-state index < -0.39 is 15.8 Å². The van der Waals surface area contributed by atoms with Crippen LogP contribution < -0.4 is 10.0 Å². The van der Waals surface area contributed by atoms with Crippen molar-refractivity contribution in [2.75, 3.05) is 13.1 Å². The number of benzene rings is 1. The van der Waals surface area contributed by atoms with Gasteiger partial charge in [0.15, 0.2) is 0 Å². The first-order valence-corrected chi connectivity index (χ1v) is 7.88. The molecule has 2 rings (SSSR count). The van der Waals surface area contributed by atoms with Gasteiger partial charge in [0.1, 0.15) is 10.7 Å². The highest BCUT2D eigenvalue weighted by atomic mass is 32.2. The van der Waals surface area contributed by atoms with Gasteiger partial charge in [-0.25, -0.2) is 17.5 Å². The van der Waals surface area contributed by atoms with Gasteiger partial charge in [-0.1, -0.05) is 19.1 Å². The van der Waals surface area contributed by atoms with Crippen molar-refractivity contribution in [3.05, 3.63) is 29.6 Å². The Morgan fingerprint density at radius 2 is 2.16 bits per heavy atom. The van der Waals surface area contributed by atoms with Gasteiger partial charge in [0.2, 0.25) is 10.0 Å². The van der Waals surface area contributed by atoms with E-state index in [1.54, 1.807) is 13.0 Å². The standard InChI is InChI=1S/C13H19FN2O2S/c1-9-4-3-5-11(14)13(9)19(17,18)16-12-6-7-15-8-10(12)2/h3-5,10,12,15-16H,6-8H2,1-2H3. The van der Waals surface area contributed by atoms with Crippen LogP contribution in [-0.2, 0) is 10.0 Å². The Kier molecular flexibility index (Phi) is 4.23. The molecule has 19 heavy (non-hydrogen) atoms. The molecule has 0 spiro atoms. The van der Waals surface area contributed by atoms with Crippen LogP contribution in [0, 0.1) is 18.7 Å². The van der Waals surface area contributed by atoms with E-state index in [2.05, 4.69) is 10.0 Å². The molecule has 0 aromatic heterocycles. The highest BCUT2D eigenvalue weighted by molar-refractivity contribution is 7.89. The molecule has 2 atom stereocenters. The zero-order chi connectivity index (χ0) is 14.0.